The summed E-state index contributed by atoms with van der Waals surface area (Å²) in [5, 5.41) is 2.92. The molecule has 6 nitrogen and oxygen atoms in total. The van der Waals surface area contributed by atoms with Gasteiger partial charge in [0.25, 0.3) is 5.56 Å². The molecular formula is C17H21N3O3. The van der Waals surface area contributed by atoms with Crippen molar-refractivity contribution in [2.75, 3.05) is 19.6 Å². The van der Waals surface area contributed by atoms with Gasteiger partial charge in [-0.1, -0.05) is 6.07 Å². The standard InChI is InChI=1S/C17H21N3O3/c21-16(13-20-10-2-1-7-17(20)22)18-12-14(15-6-5-11-23-15)19-8-3-4-9-19/h1-2,5-7,10-11,14H,3-4,8-9,12-13H2,(H,18,21)/t14-/m0/s1. The maximum atomic E-state index is 12.1. The smallest absolute Gasteiger partial charge is 0.250 e. The third kappa shape index (κ3) is 3.90. The summed E-state index contributed by atoms with van der Waals surface area (Å²) in [6.07, 6.45) is 5.62. The molecule has 2 aromatic rings. The van der Waals surface area contributed by atoms with E-state index in [-0.39, 0.29) is 24.1 Å². The van der Waals surface area contributed by atoms with Gasteiger partial charge in [0.05, 0.1) is 12.3 Å². The molecule has 0 spiro atoms. The highest BCUT2D eigenvalue weighted by atomic mass is 16.3. The summed E-state index contributed by atoms with van der Waals surface area (Å²) in [6.45, 7) is 2.54. The van der Waals surface area contributed by atoms with E-state index in [1.54, 1.807) is 24.6 Å². The highest BCUT2D eigenvalue weighted by molar-refractivity contribution is 5.75. The normalized spacial score (nSPS) is 16.3. The molecule has 1 fully saturated rings. The van der Waals surface area contributed by atoms with Gasteiger partial charge in [-0.05, 0) is 44.1 Å². The summed E-state index contributed by atoms with van der Waals surface area (Å²) in [5.74, 6) is 0.693. The van der Waals surface area contributed by atoms with Crippen molar-refractivity contribution in [3.63, 3.8) is 0 Å². The summed E-state index contributed by atoms with van der Waals surface area (Å²) in [4.78, 5) is 26.1. The van der Waals surface area contributed by atoms with Crippen LogP contribution in [0.3, 0.4) is 0 Å². The van der Waals surface area contributed by atoms with Gasteiger partial charge in [0.15, 0.2) is 0 Å². The molecule has 1 saturated heterocycles. The average molecular weight is 315 g/mol. The van der Waals surface area contributed by atoms with Crippen LogP contribution >= 0.6 is 0 Å². The molecule has 3 rings (SSSR count). The summed E-state index contributed by atoms with van der Waals surface area (Å²) in [6, 6.07) is 8.70. The first-order valence-corrected chi connectivity index (χ1v) is 7.93. The van der Waals surface area contributed by atoms with E-state index in [4.69, 9.17) is 4.42 Å². The summed E-state index contributed by atoms with van der Waals surface area (Å²) in [7, 11) is 0. The second-order valence-electron chi connectivity index (χ2n) is 5.75. The highest BCUT2D eigenvalue weighted by Gasteiger charge is 2.25. The number of pyridine rings is 1. The van der Waals surface area contributed by atoms with E-state index in [0.717, 1.165) is 18.8 Å². The molecule has 1 N–H and O–H groups in total. The molecule has 0 aliphatic carbocycles. The zero-order valence-electron chi connectivity index (χ0n) is 13.0. The molecule has 2 aromatic heterocycles. The number of nitrogens with one attached hydrogen (secondary N) is 1. The molecule has 23 heavy (non-hydrogen) atoms. The van der Waals surface area contributed by atoms with Gasteiger partial charge < -0.3 is 14.3 Å². The zero-order chi connectivity index (χ0) is 16.1. The fraction of sp³-hybridized carbons (Fsp3) is 0.412. The molecule has 0 radical (unpaired) electrons. The van der Waals surface area contributed by atoms with Gasteiger partial charge in [0.2, 0.25) is 5.91 Å². The number of rotatable bonds is 6. The molecule has 1 atom stereocenters. The van der Waals surface area contributed by atoms with Crippen LogP contribution in [0.1, 0.15) is 24.6 Å². The zero-order valence-corrected chi connectivity index (χ0v) is 13.0. The fourth-order valence-electron chi connectivity index (χ4n) is 2.96. The lowest BCUT2D eigenvalue weighted by Crippen LogP contribution is -2.39. The van der Waals surface area contributed by atoms with Crippen LogP contribution in [-0.4, -0.2) is 35.0 Å². The minimum absolute atomic E-state index is 0.0323. The lowest BCUT2D eigenvalue weighted by atomic mass is 10.2. The van der Waals surface area contributed by atoms with Crippen LogP contribution in [0.5, 0.6) is 0 Å². The second-order valence-corrected chi connectivity index (χ2v) is 5.75. The molecule has 1 aliphatic rings. The largest absolute Gasteiger partial charge is 0.468 e. The number of likely N-dealkylation sites (tertiary alicyclic amines) is 1. The van der Waals surface area contributed by atoms with Crippen LogP contribution in [0.4, 0.5) is 0 Å². The third-order valence-electron chi connectivity index (χ3n) is 4.16. The van der Waals surface area contributed by atoms with Crippen molar-refractivity contribution in [1.29, 1.82) is 0 Å². The molecule has 122 valence electrons. The van der Waals surface area contributed by atoms with E-state index >= 15 is 0 Å². The first-order valence-electron chi connectivity index (χ1n) is 7.93. The van der Waals surface area contributed by atoms with Crippen molar-refractivity contribution in [3.05, 3.63) is 58.9 Å². The third-order valence-corrected chi connectivity index (χ3v) is 4.16. The van der Waals surface area contributed by atoms with Gasteiger partial charge in [-0.15, -0.1) is 0 Å². The van der Waals surface area contributed by atoms with Crippen LogP contribution in [0.25, 0.3) is 0 Å². The number of carbonyl (C=O) groups excluding carboxylic acids is 1. The Hall–Kier alpha value is -2.34. The molecule has 0 saturated carbocycles. The van der Waals surface area contributed by atoms with Gasteiger partial charge >= 0.3 is 0 Å². The number of amides is 1. The Kier molecular flexibility index (Phi) is 4.92. The second kappa shape index (κ2) is 7.28. The van der Waals surface area contributed by atoms with E-state index in [0.29, 0.717) is 6.54 Å². The Bertz CT molecular complexity index is 687. The maximum Gasteiger partial charge on any atom is 0.250 e. The van der Waals surface area contributed by atoms with Gasteiger partial charge in [-0.3, -0.25) is 14.5 Å². The fourth-order valence-corrected chi connectivity index (χ4v) is 2.96. The number of nitrogens with zero attached hydrogens (tertiary/aromatic N) is 2. The maximum absolute atomic E-state index is 12.1. The van der Waals surface area contributed by atoms with E-state index in [9.17, 15) is 9.59 Å². The van der Waals surface area contributed by atoms with Crippen LogP contribution in [-0.2, 0) is 11.3 Å². The van der Waals surface area contributed by atoms with Crippen molar-refractivity contribution in [2.24, 2.45) is 0 Å². The van der Waals surface area contributed by atoms with Gasteiger partial charge in [-0.2, -0.15) is 0 Å². The molecule has 6 heteroatoms. The van der Waals surface area contributed by atoms with E-state index in [1.807, 2.05) is 12.1 Å². The van der Waals surface area contributed by atoms with E-state index in [2.05, 4.69) is 10.2 Å². The van der Waals surface area contributed by atoms with Crippen molar-refractivity contribution in [3.8, 4) is 0 Å². The molecule has 0 bridgehead atoms. The van der Waals surface area contributed by atoms with E-state index in [1.165, 1.54) is 23.5 Å². The number of furan rings is 1. The molecule has 1 aliphatic heterocycles. The van der Waals surface area contributed by atoms with Crippen molar-refractivity contribution in [2.45, 2.75) is 25.4 Å². The summed E-state index contributed by atoms with van der Waals surface area (Å²) in [5.41, 5.74) is -0.176. The van der Waals surface area contributed by atoms with Crippen LogP contribution in [0.15, 0.2) is 52.0 Å². The lowest BCUT2D eigenvalue weighted by Gasteiger charge is -2.26. The van der Waals surface area contributed by atoms with Crippen molar-refractivity contribution < 1.29 is 9.21 Å². The monoisotopic (exact) mass is 315 g/mol. The van der Waals surface area contributed by atoms with Crippen LogP contribution in [0, 0.1) is 0 Å². The Morgan fingerprint density at radius 1 is 1.22 bits per heavy atom. The summed E-state index contributed by atoms with van der Waals surface area (Å²) >= 11 is 0. The highest BCUT2D eigenvalue weighted by Crippen LogP contribution is 2.24. The quantitative estimate of drug-likeness (QED) is 0.875. The molecular weight excluding hydrogens is 294 g/mol. The number of carbonyl (C=O) groups is 1. The Balaban J connectivity index is 1.61. The molecule has 0 unspecified atom stereocenters. The van der Waals surface area contributed by atoms with Gasteiger partial charge in [0, 0.05) is 18.8 Å². The number of hydrogen-bond acceptors (Lipinski definition) is 4. The molecule has 1 amide bonds. The van der Waals surface area contributed by atoms with E-state index < -0.39 is 0 Å². The number of hydrogen-bond donors (Lipinski definition) is 1. The SMILES string of the molecule is O=C(Cn1ccccc1=O)NC[C@@H](c1ccco1)N1CCCC1. The Morgan fingerprint density at radius 3 is 2.74 bits per heavy atom. The topological polar surface area (TPSA) is 67.5 Å². The van der Waals surface area contributed by atoms with Gasteiger partial charge in [-0.25, -0.2) is 0 Å². The minimum Gasteiger partial charge on any atom is -0.468 e. The van der Waals surface area contributed by atoms with Crippen molar-refractivity contribution in [1.82, 2.24) is 14.8 Å². The van der Waals surface area contributed by atoms with Crippen molar-refractivity contribution >= 4 is 5.91 Å². The first-order chi connectivity index (χ1) is 11.2. The Labute approximate surface area is 134 Å². The van der Waals surface area contributed by atoms with Gasteiger partial charge in [0.1, 0.15) is 12.3 Å². The van der Waals surface area contributed by atoms with Crippen LogP contribution in [0.2, 0.25) is 0 Å². The Morgan fingerprint density at radius 2 is 2.04 bits per heavy atom. The predicted octanol–water partition coefficient (Wildman–Crippen LogP) is 1.39. The molecule has 0 aromatic carbocycles. The lowest BCUT2D eigenvalue weighted by molar-refractivity contribution is -0.122. The number of aromatic nitrogens is 1. The average Bonchev–Trinajstić information content (AvgIpc) is 3.23. The summed E-state index contributed by atoms with van der Waals surface area (Å²) < 4.78 is 6.93. The predicted molar refractivity (Wildman–Crippen MR) is 86.0 cm³/mol. The van der Waals surface area contributed by atoms with Crippen LogP contribution < -0.4 is 10.9 Å². The molecule has 3 heterocycles. The minimum atomic E-state index is -0.176. The first kappa shape index (κ1) is 15.6.